The molecule has 0 bridgehead atoms. The molecular weight excluding hydrogens is 194 g/mol. The zero-order valence-corrected chi connectivity index (χ0v) is 9.35. The van der Waals surface area contributed by atoms with Crippen LogP contribution in [0.5, 0.6) is 0 Å². The second kappa shape index (κ2) is 6.08. The maximum absolute atomic E-state index is 10.9. The summed E-state index contributed by atoms with van der Waals surface area (Å²) < 4.78 is 0. The Balaban J connectivity index is 2.37. The summed E-state index contributed by atoms with van der Waals surface area (Å²) >= 11 is 0. The van der Waals surface area contributed by atoms with Crippen molar-refractivity contribution in [1.82, 2.24) is 4.90 Å². The predicted molar refractivity (Wildman–Crippen MR) is 57.7 cm³/mol. The summed E-state index contributed by atoms with van der Waals surface area (Å²) in [6.45, 7) is 4.00. The molecule has 0 aromatic rings. The van der Waals surface area contributed by atoms with Crippen molar-refractivity contribution in [1.29, 1.82) is 0 Å². The fraction of sp³-hybridized carbons (Fsp3) is 0.909. The molecule has 0 unspecified atom stereocenters. The number of nitrogens with zero attached hydrogens (tertiary/aromatic N) is 1. The van der Waals surface area contributed by atoms with Gasteiger partial charge in [-0.25, -0.2) is 0 Å². The Bertz CT molecular complexity index is 208. The highest BCUT2D eigenvalue weighted by Gasteiger charge is 2.27. The molecule has 15 heavy (non-hydrogen) atoms. The standard InChI is InChI=1S/C11H21NO3/c1-9(4-3-7-13)12-6-2-5-10(8-12)11(14)15/h9-10,13H,2-8H2,1H3,(H,14,15)/t9-,10+/m0/s1. The van der Waals surface area contributed by atoms with E-state index in [1.54, 1.807) is 0 Å². The van der Waals surface area contributed by atoms with Gasteiger partial charge >= 0.3 is 5.97 Å². The smallest absolute Gasteiger partial charge is 0.307 e. The molecule has 2 N–H and O–H groups in total. The van der Waals surface area contributed by atoms with Gasteiger partial charge in [-0.05, 0) is 39.2 Å². The normalized spacial score (nSPS) is 25.1. The number of aliphatic hydroxyl groups is 1. The highest BCUT2D eigenvalue weighted by Crippen LogP contribution is 2.20. The molecule has 0 aliphatic carbocycles. The third kappa shape index (κ3) is 3.80. The van der Waals surface area contributed by atoms with Gasteiger partial charge in [-0.1, -0.05) is 0 Å². The molecule has 0 spiro atoms. The summed E-state index contributed by atoms with van der Waals surface area (Å²) in [4.78, 5) is 13.1. The molecule has 0 aromatic carbocycles. The van der Waals surface area contributed by atoms with Gasteiger partial charge < -0.3 is 10.2 Å². The van der Waals surface area contributed by atoms with Crippen LogP contribution in [0.4, 0.5) is 0 Å². The minimum Gasteiger partial charge on any atom is -0.481 e. The quantitative estimate of drug-likeness (QED) is 0.716. The largest absolute Gasteiger partial charge is 0.481 e. The van der Waals surface area contributed by atoms with Crippen molar-refractivity contribution in [3.05, 3.63) is 0 Å². The van der Waals surface area contributed by atoms with Crippen LogP contribution in [0.25, 0.3) is 0 Å². The molecule has 4 nitrogen and oxygen atoms in total. The average molecular weight is 215 g/mol. The summed E-state index contributed by atoms with van der Waals surface area (Å²) in [5.74, 6) is -0.871. The van der Waals surface area contributed by atoms with Crippen molar-refractivity contribution in [2.45, 2.75) is 38.6 Å². The fourth-order valence-electron chi connectivity index (χ4n) is 2.18. The number of carboxylic acids is 1. The number of carboxylic acid groups (broad SMARTS) is 1. The molecule has 1 rings (SSSR count). The zero-order valence-electron chi connectivity index (χ0n) is 9.35. The van der Waals surface area contributed by atoms with Gasteiger partial charge in [0.05, 0.1) is 5.92 Å². The van der Waals surface area contributed by atoms with Crippen molar-refractivity contribution in [3.8, 4) is 0 Å². The van der Waals surface area contributed by atoms with E-state index >= 15 is 0 Å². The number of aliphatic carboxylic acids is 1. The lowest BCUT2D eigenvalue weighted by atomic mass is 9.96. The van der Waals surface area contributed by atoms with Gasteiger partial charge in [0.2, 0.25) is 0 Å². The minimum atomic E-state index is -0.672. The van der Waals surface area contributed by atoms with E-state index < -0.39 is 5.97 Å². The highest BCUT2D eigenvalue weighted by molar-refractivity contribution is 5.70. The number of hydrogen-bond donors (Lipinski definition) is 2. The lowest BCUT2D eigenvalue weighted by Gasteiger charge is -2.35. The van der Waals surface area contributed by atoms with Crippen molar-refractivity contribution >= 4 is 5.97 Å². The van der Waals surface area contributed by atoms with Crippen LogP contribution in [0.15, 0.2) is 0 Å². The molecule has 1 fully saturated rings. The van der Waals surface area contributed by atoms with E-state index in [2.05, 4.69) is 11.8 Å². The van der Waals surface area contributed by atoms with E-state index in [9.17, 15) is 4.79 Å². The predicted octanol–water partition coefficient (Wildman–Crippen LogP) is 0.944. The number of piperidine rings is 1. The monoisotopic (exact) mass is 215 g/mol. The second-order valence-corrected chi connectivity index (χ2v) is 4.39. The first kappa shape index (κ1) is 12.5. The Kier molecular flexibility index (Phi) is 5.05. The number of carbonyl (C=O) groups is 1. The first-order valence-corrected chi connectivity index (χ1v) is 5.73. The van der Waals surface area contributed by atoms with Crippen molar-refractivity contribution in [2.75, 3.05) is 19.7 Å². The Morgan fingerprint density at radius 1 is 1.60 bits per heavy atom. The molecule has 2 atom stereocenters. The van der Waals surface area contributed by atoms with Gasteiger partial charge in [0.1, 0.15) is 0 Å². The van der Waals surface area contributed by atoms with Crippen LogP contribution in [0.2, 0.25) is 0 Å². The molecule has 88 valence electrons. The lowest BCUT2D eigenvalue weighted by Crippen LogP contribution is -2.43. The number of hydrogen-bond acceptors (Lipinski definition) is 3. The van der Waals surface area contributed by atoms with Crippen LogP contribution in [0.1, 0.15) is 32.6 Å². The lowest BCUT2D eigenvalue weighted by molar-refractivity contribution is -0.143. The van der Waals surface area contributed by atoms with Crippen LogP contribution >= 0.6 is 0 Å². The van der Waals surface area contributed by atoms with E-state index in [0.29, 0.717) is 12.6 Å². The molecule has 4 heteroatoms. The molecular formula is C11H21NO3. The van der Waals surface area contributed by atoms with E-state index in [4.69, 9.17) is 10.2 Å². The second-order valence-electron chi connectivity index (χ2n) is 4.39. The molecule has 1 aliphatic rings. The van der Waals surface area contributed by atoms with Gasteiger partial charge in [-0.15, -0.1) is 0 Å². The van der Waals surface area contributed by atoms with Crippen molar-refractivity contribution < 1.29 is 15.0 Å². The van der Waals surface area contributed by atoms with Crippen LogP contribution in [0.3, 0.4) is 0 Å². The maximum Gasteiger partial charge on any atom is 0.307 e. The van der Waals surface area contributed by atoms with Gasteiger partial charge in [0.15, 0.2) is 0 Å². The Labute approximate surface area is 90.9 Å². The van der Waals surface area contributed by atoms with E-state index in [0.717, 1.165) is 32.2 Å². The molecule has 1 aliphatic heterocycles. The van der Waals surface area contributed by atoms with E-state index in [1.807, 2.05) is 0 Å². The van der Waals surface area contributed by atoms with Crippen LogP contribution in [-0.4, -0.2) is 46.8 Å². The zero-order chi connectivity index (χ0) is 11.3. The highest BCUT2D eigenvalue weighted by atomic mass is 16.4. The van der Waals surface area contributed by atoms with E-state index in [-0.39, 0.29) is 12.5 Å². The fourth-order valence-corrected chi connectivity index (χ4v) is 2.18. The summed E-state index contributed by atoms with van der Waals surface area (Å²) in [5, 5.41) is 17.7. The summed E-state index contributed by atoms with van der Waals surface area (Å²) in [5.41, 5.74) is 0. The van der Waals surface area contributed by atoms with Crippen LogP contribution < -0.4 is 0 Å². The Morgan fingerprint density at radius 2 is 2.33 bits per heavy atom. The van der Waals surface area contributed by atoms with Crippen molar-refractivity contribution in [2.24, 2.45) is 5.92 Å². The Morgan fingerprint density at radius 3 is 2.93 bits per heavy atom. The number of rotatable bonds is 5. The van der Waals surface area contributed by atoms with Gasteiger partial charge in [-0.2, -0.15) is 0 Å². The third-order valence-electron chi connectivity index (χ3n) is 3.21. The molecule has 0 amide bonds. The first-order valence-electron chi connectivity index (χ1n) is 5.73. The Hall–Kier alpha value is -0.610. The van der Waals surface area contributed by atoms with Crippen LogP contribution in [-0.2, 0) is 4.79 Å². The minimum absolute atomic E-state index is 0.199. The summed E-state index contributed by atoms with van der Waals surface area (Å²) in [6, 6.07) is 0.388. The van der Waals surface area contributed by atoms with Gasteiger partial charge in [-0.3, -0.25) is 9.69 Å². The molecule has 0 radical (unpaired) electrons. The summed E-state index contributed by atoms with van der Waals surface area (Å²) in [7, 11) is 0. The third-order valence-corrected chi connectivity index (χ3v) is 3.21. The first-order chi connectivity index (χ1) is 7.15. The van der Waals surface area contributed by atoms with E-state index in [1.165, 1.54) is 0 Å². The topological polar surface area (TPSA) is 60.8 Å². The van der Waals surface area contributed by atoms with Gasteiger partial charge in [0, 0.05) is 19.2 Å². The molecule has 0 aromatic heterocycles. The number of aliphatic hydroxyl groups excluding tert-OH is 1. The SMILES string of the molecule is C[C@@H](CCCO)N1CCC[C@@H](C(=O)O)C1. The van der Waals surface area contributed by atoms with Crippen LogP contribution in [0, 0.1) is 5.92 Å². The number of likely N-dealkylation sites (tertiary alicyclic amines) is 1. The summed E-state index contributed by atoms with van der Waals surface area (Å²) in [6.07, 6.45) is 3.53. The molecule has 0 saturated carbocycles. The van der Waals surface area contributed by atoms with Gasteiger partial charge in [0.25, 0.3) is 0 Å². The molecule has 1 heterocycles. The molecule has 1 saturated heterocycles. The maximum atomic E-state index is 10.9. The average Bonchev–Trinajstić information content (AvgIpc) is 2.26. The van der Waals surface area contributed by atoms with Crippen molar-refractivity contribution in [3.63, 3.8) is 0 Å².